The Morgan fingerprint density at radius 2 is 2.00 bits per heavy atom. The Bertz CT molecular complexity index is 851. The summed E-state index contributed by atoms with van der Waals surface area (Å²) in [5, 5.41) is 2.85. The molecule has 1 aromatic heterocycles. The van der Waals surface area contributed by atoms with Crippen LogP contribution in [0.15, 0.2) is 30.5 Å². The summed E-state index contributed by atoms with van der Waals surface area (Å²) < 4.78 is 5.04. The predicted molar refractivity (Wildman–Crippen MR) is 103 cm³/mol. The number of carbonyl (C=O) groups is 2. The summed E-state index contributed by atoms with van der Waals surface area (Å²) in [6.07, 6.45) is 1.68. The number of hydrogen-bond acceptors (Lipinski definition) is 6. The van der Waals surface area contributed by atoms with E-state index in [1.165, 1.54) is 13.3 Å². The van der Waals surface area contributed by atoms with E-state index in [9.17, 15) is 9.59 Å². The number of amides is 2. The molecule has 1 aromatic carbocycles. The highest BCUT2D eigenvalue weighted by Crippen LogP contribution is 2.28. The molecule has 1 N–H and O–H groups in total. The van der Waals surface area contributed by atoms with Crippen molar-refractivity contribution in [2.75, 3.05) is 42.9 Å². The Morgan fingerprint density at radius 1 is 1.30 bits per heavy atom. The molecule has 1 atom stereocenters. The third-order valence-corrected chi connectivity index (χ3v) is 4.45. The number of aromatic nitrogens is 2. The number of methoxy groups -OCH3 is 1. The average Bonchev–Trinajstić information content (AvgIpc) is 3.04. The van der Waals surface area contributed by atoms with Gasteiger partial charge in [-0.1, -0.05) is 17.7 Å². The molecular weight excluding hydrogens is 346 g/mol. The van der Waals surface area contributed by atoms with Gasteiger partial charge < -0.3 is 19.9 Å². The number of aryl methyl sites for hydroxylation is 1. The summed E-state index contributed by atoms with van der Waals surface area (Å²) in [7, 11) is 5.11. The molecular formula is C19H23N5O3. The quantitative estimate of drug-likeness (QED) is 0.865. The van der Waals surface area contributed by atoms with E-state index in [4.69, 9.17) is 4.74 Å². The Balaban J connectivity index is 1.74. The first-order valence-electron chi connectivity index (χ1n) is 8.65. The van der Waals surface area contributed by atoms with Gasteiger partial charge >= 0.3 is 6.01 Å². The van der Waals surface area contributed by atoms with E-state index >= 15 is 0 Å². The van der Waals surface area contributed by atoms with Crippen LogP contribution in [0.3, 0.4) is 0 Å². The fourth-order valence-corrected chi connectivity index (χ4v) is 2.98. The highest BCUT2D eigenvalue weighted by Gasteiger charge is 2.35. The van der Waals surface area contributed by atoms with Gasteiger partial charge in [-0.05, 0) is 19.1 Å². The number of nitrogens with zero attached hydrogens (tertiary/aromatic N) is 4. The lowest BCUT2D eigenvalue weighted by atomic mass is 10.1. The monoisotopic (exact) mass is 369 g/mol. The van der Waals surface area contributed by atoms with Crippen LogP contribution in [0.4, 0.5) is 17.2 Å². The molecule has 2 aromatic rings. The first-order valence-corrected chi connectivity index (χ1v) is 8.65. The van der Waals surface area contributed by atoms with Crippen LogP contribution in [0.1, 0.15) is 12.0 Å². The fraction of sp³-hybridized carbons (Fsp3) is 0.368. The van der Waals surface area contributed by atoms with Crippen LogP contribution in [0.25, 0.3) is 0 Å². The van der Waals surface area contributed by atoms with Gasteiger partial charge in [-0.25, -0.2) is 4.98 Å². The number of anilines is 3. The molecule has 2 heterocycles. The maximum Gasteiger partial charge on any atom is 0.318 e. The van der Waals surface area contributed by atoms with Crippen LogP contribution in [0.5, 0.6) is 6.01 Å². The fourth-order valence-electron chi connectivity index (χ4n) is 2.98. The van der Waals surface area contributed by atoms with Crippen LogP contribution in [-0.4, -0.2) is 49.5 Å². The minimum atomic E-state index is -0.434. The van der Waals surface area contributed by atoms with E-state index in [0.717, 1.165) is 11.3 Å². The Kier molecular flexibility index (Phi) is 5.25. The van der Waals surface area contributed by atoms with Gasteiger partial charge in [-0.15, -0.1) is 0 Å². The average molecular weight is 369 g/mol. The third kappa shape index (κ3) is 3.99. The van der Waals surface area contributed by atoms with Gasteiger partial charge in [-0.3, -0.25) is 9.59 Å². The highest BCUT2D eigenvalue weighted by atomic mass is 16.5. The van der Waals surface area contributed by atoms with Crippen LogP contribution in [-0.2, 0) is 9.59 Å². The molecule has 1 fully saturated rings. The molecule has 27 heavy (non-hydrogen) atoms. The molecule has 0 spiro atoms. The number of carbonyl (C=O) groups excluding carboxylic acids is 2. The molecule has 0 saturated carbocycles. The molecule has 3 rings (SSSR count). The van der Waals surface area contributed by atoms with Crippen molar-refractivity contribution >= 4 is 29.0 Å². The van der Waals surface area contributed by atoms with Gasteiger partial charge in [0, 0.05) is 32.7 Å². The topological polar surface area (TPSA) is 87.7 Å². The second kappa shape index (κ2) is 7.61. The van der Waals surface area contributed by atoms with E-state index in [2.05, 4.69) is 15.3 Å². The van der Waals surface area contributed by atoms with Crippen LogP contribution in [0.2, 0.25) is 0 Å². The Hall–Kier alpha value is -3.16. The minimum absolute atomic E-state index is 0.0576. The lowest BCUT2D eigenvalue weighted by Gasteiger charge is -2.19. The van der Waals surface area contributed by atoms with Gasteiger partial charge in [-0.2, -0.15) is 4.98 Å². The van der Waals surface area contributed by atoms with E-state index in [0.29, 0.717) is 18.1 Å². The van der Waals surface area contributed by atoms with E-state index < -0.39 is 5.92 Å². The van der Waals surface area contributed by atoms with E-state index in [1.54, 1.807) is 9.80 Å². The lowest BCUT2D eigenvalue weighted by Crippen LogP contribution is -2.28. The predicted octanol–water partition coefficient (Wildman–Crippen LogP) is 1.85. The molecule has 8 nitrogen and oxygen atoms in total. The summed E-state index contributed by atoms with van der Waals surface area (Å²) in [5.74, 6) is -0.182. The molecule has 0 aliphatic carbocycles. The molecule has 1 aliphatic rings. The number of nitrogens with one attached hydrogen (secondary N) is 1. The van der Waals surface area contributed by atoms with Crippen molar-refractivity contribution in [3.63, 3.8) is 0 Å². The highest BCUT2D eigenvalue weighted by molar-refractivity contribution is 6.04. The van der Waals surface area contributed by atoms with Gasteiger partial charge in [0.15, 0.2) is 5.82 Å². The first-order chi connectivity index (χ1) is 12.9. The van der Waals surface area contributed by atoms with E-state index in [-0.39, 0.29) is 24.2 Å². The van der Waals surface area contributed by atoms with Gasteiger partial charge in [0.25, 0.3) is 0 Å². The van der Waals surface area contributed by atoms with Crippen molar-refractivity contribution in [1.82, 2.24) is 9.97 Å². The Morgan fingerprint density at radius 3 is 2.63 bits per heavy atom. The molecule has 142 valence electrons. The van der Waals surface area contributed by atoms with Crippen molar-refractivity contribution in [1.29, 1.82) is 0 Å². The molecule has 0 bridgehead atoms. The lowest BCUT2D eigenvalue weighted by molar-refractivity contribution is -0.122. The van der Waals surface area contributed by atoms with Crippen molar-refractivity contribution in [3.8, 4) is 6.01 Å². The standard InChI is InChI=1S/C19H23N5O3/c1-12-5-7-14(8-6-12)24-11-13(9-16(24)25)18(26)21-15-10-20-19(27-4)22-17(15)23(2)3/h5-8,10,13H,9,11H2,1-4H3,(H,21,26). The number of benzene rings is 1. The zero-order chi connectivity index (χ0) is 19.6. The minimum Gasteiger partial charge on any atom is -0.467 e. The molecule has 2 amide bonds. The van der Waals surface area contributed by atoms with Crippen molar-refractivity contribution in [3.05, 3.63) is 36.0 Å². The summed E-state index contributed by atoms with van der Waals surface area (Å²) in [4.78, 5) is 36.8. The summed E-state index contributed by atoms with van der Waals surface area (Å²) >= 11 is 0. The molecule has 1 saturated heterocycles. The number of rotatable bonds is 5. The largest absolute Gasteiger partial charge is 0.467 e. The van der Waals surface area contributed by atoms with Gasteiger partial charge in [0.2, 0.25) is 11.8 Å². The SMILES string of the molecule is COc1ncc(NC(=O)C2CC(=O)N(c3ccc(C)cc3)C2)c(N(C)C)n1. The maximum absolute atomic E-state index is 12.7. The second-order valence-corrected chi connectivity index (χ2v) is 6.72. The summed E-state index contributed by atoms with van der Waals surface area (Å²) in [6.45, 7) is 2.34. The number of ether oxygens (including phenoxy) is 1. The smallest absolute Gasteiger partial charge is 0.318 e. The van der Waals surface area contributed by atoms with Crippen LogP contribution in [0, 0.1) is 12.8 Å². The molecule has 0 radical (unpaired) electrons. The van der Waals surface area contributed by atoms with Crippen LogP contribution < -0.4 is 19.9 Å². The normalized spacial score (nSPS) is 16.4. The first kappa shape index (κ1) is 18.6. The molecule has 1 aliphatic heterocycles. The summed E-state index contributed by atoms with van der Waals surface area (Å²) in [5.41, 5.74) is 2.41. The van der Waals surface area contributed by atoms with Crippen LogP contribution >= 0.6 is 0 Å². The zero-order valence-electron chi connectivity index (χ0n) is 15.9. The maximum atomic E-state index is 12.7. The van der Waals surface area contributed by atoms with Crippen molar-refractivity contribution in [2.24, 2.45) is 5.92 Å². The molecule has 1 unspecified atom stereocenters. The Labute approximate surface area is 158 Å². The third-order valence-electron chi connectivity index (χ3n) is 4.45. The number of hydrogen-bond donors (Lipinski definition) is 1. The summed E-state index contributed by atoms with van der Waals surface area (Å²) in [6, 6.07) is 7.92. The van der Waals surface area contributed by atoms with Gasteiger partial charge in [0.05, 0.1) is 19.2 Å². The zero-order valence-corrected chi connectivity index (χ0v) is 15.9. The van der Waals surface area contributed by atoms with Gasteiger partial charge in [0.1, 0.15) is 5.69 Å². The van der Waals surface area contributed by atoms with Crippen molar-refractivity contribution in [2.45, 2.75) is 13.3 Å². The van der Waals surface area contributed by atoms with E-state index in [1.807, 2.05) is 45.3 Å². The second-order valence-electron chi connectivity index (χ2n) is 6.72. The molecule has 8 heteroatoms. The van der Waals surface area contributed by atoms with Crippen molar-refractivity contribution < 1.29 is 14.3 Å².